The summed E-state index contributed by atoms with van der Waals surface area (Å²) < 4.78 is 11.3. The third-order valence-corrected chi connectivity index (χ3v) is 3.02. The molecule has 2 rings (SSSR count). The molecule has 0 aromatic heterocycles. The van der Waals surface area contributed by atoms with Crippen molar-refractivity contribution in [2.24, 2.45) is 11.8 Å². The van der Waals surface area contributed by atoms with Gasteiger partial charge in [0.25, 0.3) is 0 Å². The summed E-state index contributed by atoms with van der Waals surface area (Å²) in [5, 5.41) is 0. The van der Waals surface area contributed by atoms with Gasteiger partial charge in [-0.3, -0.25) is 0 Å². The Kier molecular flexibility index (Phi) is 2.47. The minimum Gasteiger partial charge on any atom is -0.494 e. The highest BCUT2D eigenvalue weighted by atomic mass is 16.5. The highest BCUT2D eigenvalue weighted by Crippen LogP contribution is 2.49. The molecule has 0 aromatic carbocycles. The molecule has 74 valence electrons. The molecule has 2 aliphatic carbocycles. The minimum absolute atomic E-state index is 0.673. The molecule has 0 radical (unpaired) electrons. The van der Waals surface area contributed by atoms with E-state index >= 15 is 0 Å². The predicted octanol–water partition coefficient (Wildman–Crippen LogP) is 2.70. The molecule has 2 heteroatoms. The molecule has 2 aliphatic rings. The topological polar surface area (TPSA) is 18.5 Å². The predicted molar refractivity (Wildman–Crippen MR) is 51.1 cm³/mol. The van der Waals surface area contributed by atoms with Crippen molar-refractivity contribution in [3.8, 4) is 0 Å². The molecule has 0 aromatic rings. The van der Waals surface area contributed by atoms with Gasteiger partial charge in [0, 0.05) is 11.8 Å². The van der Waals surface area contributed by atoms with Crippen LogP contribution in [0.3, 0.4) is 0 Å². The van der Waals surface area contributed by atoms with Crippen molar-refractivity contribution in [3.05, 3.63) is 11.5 Å². The van der Waals surface area contributed by atoms with Crippen LogP contribution < -0.4 is 0 Å². The average Bonchev–Trinajstić information content (AvgIpc) is 2.69. The molecule has 1 fully saturated rings. The molecule has 0 amide bonds. The molecule has 2 nitrogen and oxygen atoms in total. The van der Waals surface area contributed by atoms with Crippen molar-refractivity contribution in [1.29, 1.82) is 0 Å². The van der Waals surface area contributed by atoms with E-state index in [-0.39, 0.29) is 0 Å². The number of ether oxygens (including phenoxy) is 2. The van der Waals surface area contributed by atoms with E-state index in [1.807, 2.05) is 13.8 Å². The van der Waals surface area contributed by atoms with Crippen LogP contribution in [0.5, 0.6) is 0 Å². The molecule has 0 saturated heterocycles. The number of rotatable bonds is 4. The fraction of sp³-hybridized carbons (Fsp3) is 0.818. The Morgan fingerprint density at radius 2 is 1.46 bits per heavy atom. The van der Waals surface area contributed by atoms with Gasteiger partial charge in [0.2, 0.25) is 0 Å². The van der Waals surface area contributed by atoms with Crippen molar-refractivity contribution >= 4 is 0 Å². The van der Waals surface area contributed by atoms with Crippen LogP contribution in [-0.4, -0.2) is 13.2 Å². The Hall–Kier alpha value is -0.660. The SMILES string of the molecule is CCOC1=C(OCC)C2CCC1C2. The normalized spacial score (nSPS) is 31.2. The lowest BCUT2D eigenvalue weighted by atomic mass is 10.0. The summed E-state index contributed by atoms with van der Waals surface area (Å²) in [4.78, 5) is 0. The number of hydrogen-bond acceptors (Lipinski definition) is 2. The molecular weight excluding hydrogens is 164 g/mol. The molecular formula is C11H18O2. The Morgan fingerprint density at radius 3 is 1.85 bits per heavy atom. The lowest BCUT2D eigenvalue weighted by molar-refractivity contribution is 0.137. The summed E-state index contributed by atoms with van der Waals surface area (Å²) in [5.74, 6) is 3.68. The van der Waals surface area contributed by atoms with Crippen LogP contribution in [0.15, 0.2) is 11.5 Å². The highest BCUT2D eigenvalue weighted by Gasteiger charge is 2.41. The quantitative estimate of drug-likeness (QED) is 0.665. The molecule has 2 bridgehead atoms. The van der Waals surface area contributed by atoms with Gasteiger partial charge in [-0.25, -0.2) is 0 Å². The Morgan fingerprint density at radius 1 is 1.00 bits per heavy atom. The first-order chi connectivity index (χ1) is 6.36. The minimum atomic E-state index is 0.673. The largest absolute Gasteiger partial charge is 0.494 e. The second kappa shape index (κ2) is 3.60. The van der Waals surface area contributed by atoms with E-state index < -0.39 is 0 Å². The van der Waals surface area contributed by atoms with Crippen LogP contribution >= 0.6 is 0 Å². The van der Waals surface area contributed by atoms with Gasteiger partial charge in [-0.2, -0.15) is 0 Å². The summed E-state index contributed by atoms with van der Waals surface area (Å²) in [7, 11) is 0. The molecule has 0 N–H and O–H groups in total. The maximum absolute atomic E-state index is 5.66. The third-order valence-electron chi connectivity index (χ3n) is 3.02. The monoisotopic (exact) mass is 182 g/mol. The van der Waals surface area contributed by atoms with Gasteiger partial charge < -0.3 is 9.47 Å². The summed E-state index contributed by atoms with van der Waals surface area (Å²) in [6.07, 6.45) is 3.87. The van der Waals surface area contributed by atoms with E-state index in [9.17, 15) is 0 Å². The highest BCUT2D eigenvalue weighted by molar-refractivity contribution is 5.20. The summed E-state index contributed by atoms with van der Waals surface area (Å²) in [6.45, 7) is 5.63. The maximum atomic E-state index is 5.66. The van der Waals surface area contributed by atoms with Gasteiger partial charge in [0.1, 0.15) is 11.5 Å². The summed E-state index contributed by atoms with van der Waals surface area (Å²) in [6, 6.07) is 0. The molecule has 13 heavy (non-hydrogen) atoms. The Labute approximate surface area is 79.9 Å². The maximum Gasteiger partial charge on any atom is 0.137 e. The molecule has 0 spiro atoms. The fourth-order valence-corrected chi connectivity index (χ4v) is 2.55. The summed E-state index contributed by atoms with van der Waals surface area (Å²) >= 11 is 0. The number of hydrogen-bond donors (Lipinski definition) is 0. The molecule has 0 aliphatic heterocycles. The average molecular weight is 182 g/mol. The smallest absolute Gasteiger partial charge is 0.137 e. The Balaban J connectivity index is 2.14. The molecule has 0 heterocycles. The lowest BCUT2D eigenvalue weighted by Crippen LogP contribution is -2.09. The Bertz CT molecular complexity index is 198. The van der Waals surface area contributed by atoms with Crippen molar-refractivity contribution in [2.45, 2.75) is 33.1 Å². The van der Waals surface area contributed by atoms with Crippen molar-refractivity contribution in [3.63, 3.8) is 0 Å². The third kappa shape index (κ3) is 1.43. The van der Waals surface area contributed by atoms with E-state index in [4.69, 9.17) is 9.47 Å². The van der Waals surface area contributed by atoms with Gasteiger partial charge in [0.05, 0.1) is 13.2 Å². The molecule has 2 unspecified atom stereocenters. The first-order valence-corrected chi connectivity index (χ1v) is 5.36. The van der Waals surface area contributed by atoms with Crippen LogP contribution in [0.4, 0.5) is 0 Å². The van der Waals surface area contributed by atoms with Crippen LogP contribution in [0.1, 0.15) is 33.1 Å². The fourth-order valence-electron chi connectivity index (χ4n) is 2.55. The zero-order chi connectivity index (χ0) is 9.26. The van der Waals surface area contributed by atoms with Crippen molar-refractivity contribution in [1.82, 2.24) is 0 Å². The van der Waals surface area contributed by atoms with Gasteiger partial charge in [-0.05, 0) is 33.1 Å². The summed E-state index contributed by atoms with van der Waals surface area (Å²) in [5.41, 5.74) is 0. The second-order valence-corrected chi connectivity index (χ2v) is 3.80. The van der Waals surface area contributed by atoms with E-state index in [1.54, 1.807) is 0 Å². The van der Waals surface area contributed by atoms with Crippen LogP contribution in [0, 0.1) is 11.8 Å². The van der Waals surface area contributed by atoms with E-state index in [0.717, 1.165) is 13.2 Å². The van der Waals surface area contributed by atoms with Crippen LogP contribution in [0.25, 0.3) is 0 Å². The van der Waals surface area contributed by atoms with Crippen LogP contribution in [-0.2, 0) is 9.47 Å². The van der Waals surface area contributed by atoms with Gasteiger partial charge in [-0.15, -0.1) is 0 Å². The standard InChI is InChI=1S/C11H18O2/c1-3-12-10-8-5-6-9(7-8)11(10)13-4-2/h8-9H,3-7H2,1-2H3. The zero-order valence-electron chi connectivity index (χ0n) is 8.51. The molecule has 1 saturated carbocycles. The lowest BCUT2D eigenvalue weighted by Gasteiger charge is -2.19. The van der Waals surface area contributed by atoms with Crippen LogP contribution in [0.2, 0.25) is 0 Å². The van der Waals surface area contributed by atoms with Gasteiger partial charge in [0.15, 0.2) is 0 Å². The zero-order valence-corrected chi connectivity index (χ0v) is 8.51. The first-order valence-electron chi connectivity index (χ1n) is 5.36. The second-order valence-electron chi connectivity index (χ2n) is 3.80. The van der Waals surface area contributed by atoms with Gasteiger partial charge >= 0.3 is 0 Å². The van der Waals surface area contributed by atoms with Crippen molar-refractivity contribution in [2.75, 3.05) is 13.2 Å². The van der Waals surface area contributed by atoms with E-state index in [2.05, 4.69) is 0 Å². The number of allylic oxidation sites excluding steroid dienone is 2. The first kappa shape index (κ1) is 8.92. The number of fused-ring (bicyclic) bond motifs is 2. The van der Waals surface area contributed by atoms with Gasteiger partial charge in [-0.1, -0.05) is 0 Å². The van der Waals surface area contributed by atoms with E-state index in [1.165, 1.54) is 30.8 Å². The molecule has 2 atom stereocenters. The van der Waals surface area contributed by atoms with E-state index in [0.29, 0.717) is 11.8 Å². The van der Waals surface area contributed by atoms with Crippen molar-refractivity contribution < 1.29 is 9.47 Å².